The molecule has 0 unspecified atom stereocenters. The summed E-state index contributed by atoms with van der Waals surface area (Å²) in [6.45, 7) is 6.50. The summed E-state index contributed by atoms with van der Waals surface area (Å²) in [4.78, 5) is 15.5. The van der Waals surface area contributed by atoms with Gasteiger partial charge in [0.2, 0.25) is 0 Å². The summed E-state index contributed by atoms with van der Waals surface area (Å²) in [7, 11) is 3.20. The Morgan fingerprint density at radius 3 is 2.29 bits per heavy atom. The van der Waals surface area contributed by atoms with Gasteiger partial charge in [-0.25, -0.2) is 0 Å². The first kappa shape index (κ1) is 23.9. The first-order valence-corrected chi connectivity index (χ1v) is 11.7. The van der Waals surface area contributed by atoms with E-state index in [0.29, 0.717) is 16.5 Å². The third-order valence-electron chi connectivity index (χ3n) is 6.66. The molecule has 1 aliphatic rings. The third kappa shape index (κ3) is 4.30. The van der Waals surface area contributed by atoms with E-state index in [9.17, 15) is 4.79 Å². The van der Waals surface area contributed by atoms with Crippen LogP contribution in [-0.4, -0.2) is 25.7 Å². The molecule has 0 aliphatic carbocycles. The largest absolute Gasteiger partial charge is 0.493 e. The molecule has 0 spiro atoms. The van der Waals surface area contributed by atoms with Crippen LogP contribution in [0, 0.1) is 0 Å². The van der Waals surface area contributed by atoms with Crippen molar-refractivity contribution in [2.75, 3.05) is 19.1 Å². The number of fused-ring (bicyclic) bond motifs is 1. The molecule has 1 atom stereocenters. The van der Waals surface area contributed by atoms with E-state index in [2.05, 4.69) is 39.0 Å². The molecule has 0 bridgehead atoms. The Morgan fingerprint density at radius 2 is 1.62 bits per heavy atom. The van der Waals surface area contributed by atoms with Gasteiger partial charge in [-0.05, 0) is 73.4 Å². The molecule has 1 amide bonds. The van der Waals surface area contributed by atoms with E-state index >= 15 is 0 Å². The molecular formula is C29H30ClNO3. The molecule has 176 valence electrons. The molecule has 0 saturated carbocycles. The Hall–Kier alpha value is -3.24. The van der Waals surface area contributed by atoms with Crippen molar-refractivity contribution < 1.29 is 14.3 Å². The van der Waals surface area contributed by atoms with Gasteiger partial charge in [0.25, 0.3) is 5.91 Å². The van der Waals surface area contributed by atoms with E-state index in [1.165, 1.54) is 5.56 Å². The fourth-order valence-corrected chi connectivity index (χ4v) is 5.32. The van der Waals surface area contributed by atoms with Gasteiger partial charge in [0.1, 0.15) is 0 Å². The molecule has 3 aromatic carbocycles. The monoisotopic (exact) mass is 475 g/mol. The van der Waals surface area contributed by atoms with E-state index in [1.54, 1.807) is 20.3 Å². The zero-order valence-electron chi connectivity index (χ0n) is 20.3. The fraction of sp³-hybridized carbons (Fsp3) is 0.276. The molecule has 0 radical (unpaired) electrons. The van der Waals surface area contributed by atoms with Crippen LogP contribution in [0.1, 0.15) is 43.9 Å². The summed E-state index contributed by atoms with van der Waals surface area (Å²) >= 11 is 6.16. The minimum absolute atomic E-state index is 0.0645. The van der Waals surface area contributed by atoms with Crippen LogP contribution in [0.15, 0.2) is 72.8 Å². The smallest absolute Gasteiger partial charge is 0.251 e. The minimum atomic E-state index is -0.415. The number of nitrogens with zero attached hydrogens (tertiary/aromatic N) is 1. The zero-order chi connectivity index (χ0) is 24.5. The molecule has 0 saturated heterocycles. The summed E-state index contributed by atoms with van der Waals surface area (Å²) in [5.74, 6) is 1.21. The fourth-order valence-electron chi connectivity index (χ4n) is 5.19. The second-order valence-corrected chi connectivity index (χ2v) is 9.90. The lowest BCUT2D eigenvalue weighted by atomic mass is 9.65. The standard InChI is InChI=1S/C29H30ClNO3/c1-28(2)19-29(3,21-12-14-22(30)15-13-21)23-8-6-7-9-24(23)31(28)27(32)17-11-20-10-16-25(33-4)26(18-20)34-5/h6-18H,19H2,1-5H3/b17-11+/t29-/m1/s1. The van der Waals surface area contributed by atoms with Crippen molar-refractivity contribution in [1.82, 2.24) is 0 Å². The highest BCUT2D eigenvalue weighted by Gasteiger charge is 2.47. The molecular weight excluding hydrogens is 446 g/mol. The molecule has 1 aliphatic heterocycles. The van der Waals surface area contributed by atoms with Gasteiger partial charge in [0.05, 0.1) is 14.2 Å². The normalized spacial score (nSPS) is 19.1. The highest BCUT2D eigenvalue weighted by molar-refractivity contribution is 6.30. The Morgan fingerprint density at radius 1 is 0.941 bits per heavy atom. The number of carbonyl (C=O) groups excluding carboxylic acids is 1. The van der Waals surface area contributed by atoms with E-state index in [0.717, 1.165) is 23.2 Å². The Bertz CT molecular complexity index is 1230. The van der Waals surface area contributed by atoms with Crippen molar-refractivity contribution in [3.8, 4) is 11.5 Å². The lowest BCUT2D eigenvalue weighted by Gasteiger charge is -2.51. The molecule has 1 heterocycles. The number of carbonyl (C=O) groups is 1. The third-order valence-corrected chi connectivity index (χ3v) is 6.91. The number of methoxy groups -OCH3 is 2. The lowest BCUT2D eigenvalue weighted by Crippen LogP contribution is -2.55. The van der Waals surface area contributed by atoms with E-state index in [1.807, 2.05) is 59.5 Å². The number of benzene rings is 3. The van der Waals surface area contributed by atoms with Gasteiger partial charge >= 0.3 is 0 Å². The van der Waals surface area contributed by atoms with Crippen molar-refractivity contribution in [3.05, 3.63) is 94.5 Å². The number of hydrogen-bond donors (Lipinski definition) is 0. The number of para-hydroxylation sites is 1. The predicted octanol–water partition coefficient (Wildman–Crippen LogP) is 6.89. The summed E-state index contributed by atoms with van der Waals surface area (Å²) in [5.41, 5.74) is 3.43. The van der Waals surface area contributed by atoms with Crippen LogP contribution >= 0.6 is 11.6 Å². The SMILES string of the molecule is COc1ccc(/C=C/C(=O)N2c3ccccc3[C@@](C)(c3ccc(Cl)cc3)CC2(C)C)cc1OC. The van der Waals surface area contributed by atoms with Crippen molar-refractivity contribution in [3.63, 3.8) is 0 Å². The van der Waals surface area contributed by atoms with Crippen LogP contribution in [0.25, 0.3) is 6.08 Å². The summed E-state index contributed by atoms with van der Waals surface area (Å²) in [5, 5.41) is 0.716. The Balaban J connectivity index is 1.72. The highest BCUT2D eigenvalue weighted by atomic mass is 35.5. The van der Waals surface area contributed by atoms with E-state index in [4.69, 9.17) is 21.1 Å². The average molecular weight is 476 g/mol. The Labute approximate surface area is 206 Å². The summed E-state index contributed by atoms with van der Waals surface area (Å²) in [6, 6.07) is 21.8. The van der Waals surface area contributed by atoms with Crippen molar-refractivity contribution >= 4 is 29.3 Å². The molecule has 0 N–H and O–H groups in total. The first-order valence-electron chi connectivity index (χ1n) is 11.3. The van der Waals surface area contributed by atoms with Gasteiger partial charge in [-0.2, -0.15) is 0 Å². The second-order valence-electron chi connectivity index (χ2n) is 9.47. The first-order chi connectivity index (χ1) is 16.2. The molecule has 5 heteroatoms. The number of rotatable bonds is 5. The van der Waals surface area contributed by atoms with Crippen LogP contribution in [0.5, 0.6) is 11.5 Å². The molecule has 34 heavy (non-hydrogen) atoms. The molecule has 0 aromatic heterocycles. The van der Waals surface area contributed by atoms with E-state index in [-0.39, 0.29) is 11.3 Å². The van der Waals surface area contributed by atoms with Crippen LogP contribution in [0.3, 0.4) is 0 Å². The summed E-state index contributed by atoms with van der Waals surface area (Å²) in [6.07, 6.45) is 4.22. The minimum Gasteiger partial charge on any atom is -0.493 e. The average Bonchev–Trinajstić information content (AvgIpc) is 2.82. The number of ether oxygens (including phenoxy) is 2. The van der Waals surface area contributed by atoms with Crippen molar-refractivity contribution in [2.24, 2.45) is 0 Å². The molecule has 3 aromatic rings. The van der Waals surface area contributed by atoms with Crippen LogP contribution in [0.4, 0.5) is 5.69 Å². The quantitative estimate of drug-likeness (QED) is 0.377. The Kier molecular flexibility index (Phi) is 6.46. The molecule has 4 rings (SSSR count). The van der Waals surface area contributed by atoms with Crippen LogP contribution in [-0.2, 0) is 10.2 Å². The maximum absolute atomic E-state index is 13.6. The predicted molar refractivity (Wildman–Crippen MR) is 139 cm³/mol. The number of amides is 1. The number of hydrogen-bond acceptors (Lipinski definition) is 3. The van der Waals surface area contributed by atoms with E-state index < -0.39 is 5.54 Å². The maximum Gasteiger partial charge on any atom is 0.251 e. The van der Waals surface area contributed by atoms with Gasteiger partial charge in [0, 0.05) is 27.7 Å². The lowest BCUT2D eigenvalue weighted by molar-refractivity contribution is -0.115. The number of halogens is 1. The van der Waals surface area contributed by atoms with Crippen molar-refractivity contribution in [1.29, 1.82) is 0 Å². The molecule has 4 nitrogen and oxygen atoms in total. The second kappa shape index (κ2) is 9.19. The van der Waals surface area contributed by atoms with Crippen LogP contribution < -0.4 is 14.4 Å². The number of anilines is 1. The van der Waals surface area contributed by atoms with Gasteiger partial charge in [0.15, 0.2) is 11.5 Å². The summed E-state index contributed by atoms with van der Waals surface area (Å²) < 4.78 is 10.7. The highest BCUT2D eigenvalue weighted by Crippen LogP contribution is 2.50. The van der Waals surface area contributed by atoms with Crippen molar-refractivity contribution in [2.45, 2.75) is 38.1 Å². The van der Waals surface area contributed by atoms with Gasteiger partial charge in [-0.15, -0.1) is 0 Å². The van der Waals surface area contributed by atoms with Crippen LogP contribution in [0.2, 0.25) is 5.02 Å². The maximum atomic E-state index is 13.6. The molecule has 0 fully saturated rings. The van der Waals surface area contributed by atoms with Gasteiger partial charge in [-0.3, -0.25) is 4.79 Å². The zero-order valence-corrected chi connectivity index (χ0v) is 21.0. The topological polar surface area (TPSA) is 38.8 Å². The van der Waals surface area contributed by atoms with Gasteiger partial charge in [-0.1, -0.05) is 54.9 Å². The van der Waals surface area contributed by atoms with Gasteiger partial charge < -0.3 is 14.4 Å².